The first-order valence-corrected chi connectivity index (χ1v) is 24.1. The highest BCUT2D eigenvalue weighted by atomic mass is 31.2. The summed E-state index contributed by atoms with van der Waals surface area (Å²) in [6.07, 6.45) is 48.4. The van der Waals surface area contributed by atoms with E-state index < -0.39 is 32.5 Å². The Kier molecular flexibility index (Phi) is 41.0. The van der Waals surface area contributed by atoms with Gasteiger partial charge in [0.05, 0.1) is 13.2 Å². The molecule has 0 heterocycles. The first-order valence-electron chi connectivity index (χ1n) is 22.6. The van der Waals surface area contributed by atoms with Crippen LogP contribution in [-0.2, 0) is 32.7 Å². The Bertz CT molecular complexity index is 1060. The molecule has 0 spiro atoms. The number of carbonyl (C=O) groups excluding carboxylic acids is 2. The smallest absolute Gasteiger partial charge is 0.462 e. The summed E-state index contributed by atoms with van der Waals surface area (Å²) in [7, 11) is -4.38. The van der Waals surface area contributed by atoms with Gasteiger partial charge in [-0.1, -0.05) is 159 Å². The normalized spacial score (nSPS) is 13.7. The third-order valence-electron chi connectivity index (χ3n) is 9.44. The monoisotopic (exact) mass is 810 g/mol. The van der Waals surface area contributed by atoms with Gasteiger partial charge < -0.3 is 20.1 Å². The van der Waals surface area contributed by atoms with Gasteiger partial charge in [0, 0.05) is 19.4 Å². The lowest BCUT2D eigenvalue weighted by molar-refractivity contribution is -0.161. The van der Waals surface area contributed by atoms with Gasteiger partial charge >= 0.3 is 19.8 Å². The fourth-order valence-corrected chi connectivity index (χ4v) is 6.81. The number of carbonyl (C=O) groups is 2. The van der Waals surface area contributed by atoms with Crippen molar-refractivity contribution in [2.45, 2.75) is 206 Å². The fourth-order valence-electron chi connectivity index (χ4n) is 6.05. The van der Waals surface area contributed by atoms with E-state index in [-0.39, 0.29) is 32.6 Å². The van der Waals surface area contributed by atoms with Crippen molar-refractivity contribution in [3.8, 4) is 0 Å². The molecule has 0 saturated carbocycles. The number of allylic oxidation sites excluding steroid dienone is 8. The Labute approximate surface area is 343 Å². The summed E-state index contributed by atoms with van der Waals surface area (Å²) in [6.45, 7) is 3.68. The molecule has 0 aliphatic carbocycles. The molecule has 0 amide bonds. The first-order chi connectivity index (χ1) is 27.3. The van der Waals surface area contributed by atoms with E-state index in [9.17, 15) is 19.0 Å². The molecule has 0 aromatic carbocycles. The highest BCUT2D eigenvalue weighted by molar-refractivity contribution is 7.47. The number of rotatable bonds is 42. The van der Waals surface area contributed by atoms with Gasteiger partial charge in [0.25, 0.3) is 0 Å². The zero-order valence-electron chi connectivity index (χ0n) is 35.9. The van der Waals surface area contributed by atoms with Crippen LogP contribution >= 0.6 is 7.82 Å². The number of hydrogen-bond donors (Lipinski definition) is 2. The van der Waals surface area contributed by atoms with Gasteiger partial charge in [-0.2, -0.15) is 0 Å². The van der Waals surface area contributed by atoms with E-state index in [0.29, 0.717) is 6.42 Å². The standard InChI is InChI=1S/C46H84NO8P/c1-3-5-7-9-11-13-15-17-19-21-23-25-27-29-31-33-35-37-39-46(49)55-44(43-54-56(50,51)53-41-40-47)42-52-45(48)38-36-34-32-30-28-26-24-22-20-18-16-14-12-10-8-6-4-2/h12-15,18-21,44H,3-11,16-17,22-43,47H2,1-2H3,(H,50,51)/b14-12-,15-13-,20-18-,21-19-. The van der Waals surface area contributed by atoms with Crippen LogP contribution in [0.15, 0.2) is 48.6 Å². The predicted octanol–water partition coefficient (Wildman–Crippen LogP) is 13.1. The molecule has 56 heavy (non-hydrogen) atoms. The van der Waals surface area contributed by atoms with E-state index >= 15 is 0 Å². The lowest BCUT2D eigenvalue weighted by Gasteiger charge is -2.19. The molecule has 0 aliphatic rings. The number of phosphoric acid groups is 1. The van der Waals surface area contributed by atoms with Crippen LogP contribution in [0.4, 0.5) is 0 Å². The molecule has 0 fully saturated rings. The molecular formula is C46H84NO8P. The second-order valence-corrected chi connectivity index (χ2v) is 16.4. The van der Waals surface area contributed by atoms with E-state index in [1.54, 1.807) is 0 Å². The largest absolute Gasteiger partial charge is 0.472 e. The molecular weight excluding hydrogens is 725 g/mol. The zero-order valence-corrected chi connectivity index (χ0v) is 36.8. The van der Waals surface area contributed by atoms with Crippen LogP contribution in [0.3, 0.4) is 0 Å². The number of phosphoric ester groups is 1. The molecule has 0 aromatic heterocycles. The fraction of sp³-hybridized carbons (Fsp3) is 0.783. The molecule has 0 rings (SSSR count). The lowest BCUT2D eigenvalue weighted by atomic mass is 10.1. The molecule has 3 N–H and O–H groups in total. The summed E-state index contributed by atoms with van der Waals surface area (Å²) in [4.78, 5) is 34.9. The minimum absolute atomic E-state index is 0.0495. The highest BCUT2D eigenvalue weighted by Gasteiger charge is 2.26. The van der Waals surface area contributed by atoms with Gasteiger partial charge in [-0.05, 0) is 77.0 Å². The highest BCUT2D eigenvalue weighted by Crippen LogP contribution is 2.43. The molecule has 9 nitrogen and oxygen atoms in total. The maximum Gasteiger partial charge on any atom is 0.472 e. The van der Waals surface area contributed by atoms with Crippen molar-refractivity contribution in [2.24, 2.45) is 5.73 Å². The zero-order chi connectivity index (χ0) is 41.1. The van der Waals surface area contributed by atoms with Crippen LogP contribution in [0.5, 0.6) is 0 Å². The summed E-state index contributed by atoms with van der Waals surface area (Å²) < 4.78 is 32.8. The van der Waals surface area contributed by atoms with E-state index in [2.05, 4.69) is 62.5 Å². The van der Waals surface area contributed by atoms with E-state index in [0.717, 1.165) is 70.6 Å². The maximum atomic E-state index is 12.6. The van der Waals surface area contributed by atoms with Gasteiger partial charge in [-0.15, -0.1) is 0 Å². The second kappa shape index (κ2) is 42.6. The summed E-state index contributed by atoms with van der Waals surface area (Å²) in [5.74, 6) is -0.846. The quantitative estimate of drug-likeness (QED) is 0.0267. The molecule has 0 aliphatic heterocycles. The molecule has 2 atom stereocenters. The topological polar surface area (TPSA) is 134 Å². The lowest BCUT2D eigenvalue weighted by Crippen LogP contribution is -2.29. The van der Waals surface area contributed by atoms with Crippen LogP contribution in [-0.4, -0.2) is 49.3 Å². The molecule has 0 bridgehead atoms. The second-order valence-electron chi connectivity index (χ2n) is 14.9. The van der Waals surface area contributed by atoms with Gasteiger partial charge in [0.15, 0.2) is 6.10 Å². The summed E-state index contributed by atoms with van der Waals surface area (Å²) in [5.41, 5.74) is 5.35. The molecule has 10 heteroatoms. The van der Waals surface area contributed by atoms with Crippen LogP contribution in [0.2, 0.25) is 0 Å². The summed E-state index contributed by atoms with van der Waals surface area (Å²) in [6, 6.07) is 0. The average Bonchev–Trinajstić information content (AvgIpc) is 3.18. The Morgan fingerprint density at radius 1 is 0.536 bits per heavy atom. The van der Waals surface area contributed by atoms with Crippen molar-refractivity contribution < 1.29 is 37.6 Å². The van der Waals surface area contributed by atoms with Crippen molar-refractivity contribution in [2.75, 3.05) is 26.4 Å². The number of esters is 2. The third-order valence-corrected chi connectivity index (χ3v) is 10.4. The SMILES string of the molecule is CCCCC/C=C\C/C=C\CCCCCCCCCC(=O)OCC(COP(=O)(O)OCCN)OC(=O)CCCCCCCCC/C=C\C/C=C\CCCCCC. The molecule has 0 radical (unpaired) electrons. The van der Waals surface area contributed by atoms with Crippen molar-refractivity contribution in [1.29, 1.82) is 0 Å². The molecule has 326 valence electrons. The van der Waals surface area contributed by atoms with Crippen LogP contribution in [0, 0.1) is 0 Å². The number of unbranched alkanes of at least 4 members (excludes halogenated alkanes) is 21. The van der Waals surface area contributed by atoms with E-state index in [4.69, 9.17) is 24.3 Å². The number of nitrogens with two attached hydrogens (primary N) is 1. The van der Waals surface area contributed by atoms with E-state index in [1.807, 2.05) is 0 Å². The minimum atomic E-state index is -4.38. The number of hydrogen-bond acceptors (Lipinski definition) is 8. The van der Waals surface area contributed by atoms with Gasteiger partial charge in [-0.3, -0.25) is 18.6 Å². The third kappa shape index (κ3) is 41.6. The molecule has 0 aromatic rings. The average molecular weight is 810 g/mol. The Balaban J connectivity index is 4.16. The van der Waals surface area contributed by atoms with Gasteiger partial charge in [0.2, 0.25) is 0 Å². The maximum absolute atomic E-state index is 12.6. The summed E-state index contributed by atoms with van der Waals surface area (Å²) in [5, 5.41) is 0. The molecule has 0 saturated heterocycles. The van der Waals surface area contributed by atoms with Crippen molar-refractivity contribution in [3.05, 3.63) is 48.6 Å². The van der Waals surface area contributed by atoms with Crippen LogP contribution in [0.25, 0.3) is 0 Å². The van der Waals surface area contributed by atoms with Crippen molar-refractivity contribution in [3.63, 3.8) is 0 Å². The van der Waals surface area contributed by atoms with Crippen molar-refractivity contribution >= 4 is 19.8 Å². The van der Waals surface area contributed by atoms with E-state index in [1.165, 1.54) is 96.3 Å². The van der Waals surface area contributed by atoms with Crippen LogP contribution < -0.4 is 5.73 Å². The Morgan fingerprint density at radius 2 is 0.929 bits per heavy atom. The predicted molar refractivity (Wildman–Crippen MR) is 233 cm³/mol. The van der Waals surface area contributed by atoms with Crippen molar-refractivity contribution in [1.82, 2.24) is 0 Å². The minimum Gasteiger partial charge on any atom is -0.462 e. The van der Waals surface area contributed by atoms with Gasteiger partial charge in [-0.25, -0.2) is 4.57 Å². The van der Waals surface area contributed by atoms with Crippen LogP contribution in [0.1, 0.15) is 200 Å². The molecule has 2 unspecified atom stereocenters. The van der Waals surface area contributed by atoms with Gasteiger partial charge in [0.1, 0.15) is 6.61 Å². The Hall–Kier alpha value is -2.03. The Morgan fingerprint density at radius 3 is 1.39 bits per heavy atom. The number of ether oxygens (including phenoxy) is 2. The summed E-state index contributed by atoms with van der Waals surface area (Å²) >= 11 is 0. The first kappa shape index (κ1) is 54.0.